The Kier molecular flexibility index (Phi) is 7.31. The highest BCUT2D eigenvalue weighted by atomic mass is 15.2. The summed E-state index contributed by atoms with van der Waals surface area (Å²) in [5.74, 6) is 0.671. The van der Waals surface area contributed by atoms with Crippen molar-refractivity contribution in [3.05, 3.63) is 65.5 Å². The maximum absolute atomic E-state index is 5.79. The van der Waals surface area contributed by atoms with Crippen LogP contribution < -0.4 is 11.1 Å². The first kappa shape index (κ1) is 20.5. The lowest BCUT2D eigenvalue weighted by Crippen LogP contribution is -2.47. The number of pyridine rings is 1. The van der Waals surface area contributed by atoms with Crippen LogP contribution >= 0.6 is 0 Å². The number of aromatic nitrogens is 1. The van der Waals surface area contributed by atoms with E-state index in [0.717, 1.165) is 32.6 Å². The molecule has 1 aromatic heterocycles. The molecule has 0 bridgehead atoms. The topological polar surface area (TPSA) is 54.2 Å². The molecule has 156 valence electrons. The Morgan fingerprint density at radius 2 is 1.97 bits per heavy atom. The predicted molar refractivity (Wildman–Crippen MR) is 120 cm³/mol. The van der Waals surface area contributed by atoms with Crippen LogP contribution in [0.4, 0.5) is 0 Å². The van der Waals surface area contributed by atoms with Gasteiger partial charge >= 0.3 is 0 Å². The molecular formula is C25H36N4. The molecule has 0 amide bonds. The molecule has 2 aliphatic rings. The van der Waals surface area contributed by atoms with Gasteiger partial charge in [-0.2, -0.15) is 0 Å². The quantitative estimate of drug-likeness (QED) is 0.666. The lowest BCUT2D eigenvalue weighted by atomic mass is 9.85. The Morgan fingerprint density at radius 1 is 1.07 bits per heavy atom. The summed E-state index contributed by atoms with van der Waals surface area (Å²) >= 11 is 0. The number of nitrogens with zero attached hydrogens (tertiary/aromatic N) is 2. The van der Waals surface area contributed by atoms with Gasteiger partial charge in [0.25, 0.3) is 0 Å². The molecule has 29 heavy (non-hydrogen) atoms. The fourth-order valence-corrected chi connectivity index (χ4v) is 5.23. The molecule has 4 nitrogen and oxygen atoms in total. The van der Waals surface area contributed by atoms with Crippen molar-refractivity contribution >= 4 is 0 Å². The largest absolute Gasteiger partial charge is 0.330 e. The number of fused-ring (bicyclic) bond motifs is 1. The lowest BCUT2D eigenvalue weighted by Gasteiger charge is -2.39. The fourth-order valence-electron chi connectivity index (χ4n) is 5.23. The van der Waals surface area contributed by atoms with Gasteiger partial charge in [0, 0.05) is 18.8 Å². The van der Waals surface area contributed by atoms with Crippen molar-refractivity contribution in [1.29, 1.82) is 0 Å². The third kappa shape index (κ3) is 5.25. The highest BCUT2D eigenvalue weighted by Crippen LogP contribution is 2.34. The summed E-state index contributed by atoms with van der Waals surface area (Å²) in [7, 11) is 0. The van der Waals surface area contributed by atoms with Crippen molar-refractivity contribution in [2.75, 3.05) is 26.2 Å². The summed E-state index contributed by atoms with van der Waals surface area (Å²) in [6.45, 7) is 4.12. The van der Waals surface area contributed by atoms with Gasteiger partial charge in [-0.05, 0) is 87.7 Å². The molecule has 1 aromatic carbocycles. The van der Waals surface area contributed by atoms with Gasteiger partial charge in [-0.1, -0.05) is 36.4 Å². The Morgan fingerprint density at radius 3 is 2.83 bits per heavy atom. The summed E-state index contributed by atoms with van der Waals surface area (Å²) in [6, 6.07) is 16.4. The minimum Gasteiger partial charge on any atom is -0.330 e. The first-order valence-electron chi connectivity index (χ1n) is 11.5. The standard InChI is InChI=1S/C25H36N4/c26-14-4-5-17-29(24-12-6-10-21-11-7-15-28-25(21)24)19-23-18-22(13-16-27-23)20-8-2-1-3-9-20/h1-3,7-9,11,15,22-24,27H,4-6,10,12-14,16-19,26H2/t22?,23-,24+/m1/s1. The molecule has 3 atom stereocenters. The van der Waals surface area contributed by atoms with Crippen molar-refractivity contribution < 1.29 is 0 Å². The van der Waals surface area contributed by atoms with Crippen molar-refractivity contribution in [2.24, 2.45) is 5.73 Å². The highest BCUT2D eigenvalue weighted by molar-refractivity contribution is 5.26. The number of nitrogens with two attached hydrogens (primary N) is 1. The second-order valence-electron chi connectivity index (χ2n) is 8.73. The summed E-state index contributed by atoms with van der Waals surface area (Å²) in [4.78, 5) is 7.53. The van der Waals surface area contributed by atoms with E-state index >= 15 is 0 Å². The average molecular weight is 393 g/mol. The van der Waals surface area contributed by atoms with Crippen LogP contribution in [0.3, 0.4) is 0 Å². The van der Waals surface area contributed by atoms with Crippen LogP contribution in [0.25, 0.3) is 0 Å². The number of hydrogen-bond donors (Lipinski definition) is 2. The minimum absolute atomic E-state index is 0.455. The fraction of sp³-hybridized carbons (Fsp3) is 0.560. The van der Waals surface area contributed by atoms with Crippen molar-refractivity contribution in [3.8, 4) is 0 Å². The maximum atomic E-state index is 5.79. The zero-order valence-corrected chi connectivity index (χ0v) is 17.6. The number of piperidine rings is 1. The summed E-state index contributed by atoms with van der Waals surface area (Å²) in [5, 5.41) is 3.82. The molecule has 4 heteroatoms. The summed E-state index contributed by atoms with van der Waals surface area (Å²) in [5.41, 5.74) is 10.1. The Hall–Kier alpha value is -1.75. The number of benzene rings is 1. The molecule has 1 aliphatic carbocycles. The minimum atomic E-state index is 0.455. The van der Waals surface area contributed by atoms with E-state index in [4.69, 9.17) is 10.7 Å². The number of rotatable bonds is 8. The number of aryl methyl sites for hydroxylation is 1. The molecule has 1 fully saturated rings. The highest BCUT2D eigenvalue weighted by Gasteiger charge is 2.30. The van der Waals surface area contributed by atoms with Gasteiger partial charge in [0.2, 0.25) is 0 Å². The van der Waals surface area contributed by atoms with E-state index in [0.29, 0.717) is 18.0 Å². The summed E-state index contributed by atoms with van der Waals surface area (Å²) < 4.78 is 0. The molecule has 3 N–H and O–H groups in total. The second kappa shape index (κ2) is 10.3. The smallest absolute Gasteiger partial charge is 0.0607 e. The molecule has 2 aromatic rings. The van der Waals surface area contributed by atoms with Crippen LogP contribution in [0, 0.1) is 0 Å². The molecule has 1 aliphatic heterocycles. The van der Waals surface area contributed by atoms with E-state index in [1.165, 1.54) is 55.3 Å². The molecule has 1 saturated heterocycles. The van der Waals surface area contributed by atoms with Crippen LogP contribution in [0.5, 0.6) is 0 Å². The van der Waals surface area contributed by atoms with Crippen molar-refractivity contribution in [3.63, 3.8) is 0 Å². The van der Waals surface area contributed by atoms with E-state index in [1.54, 1.807) is 0 Å². The third-order valence-corrected chi connectivity index (χ3v) is 6.73. The van der Waals surface area contributed by atoms with Crippen LogP contribution in [0.1, 0.15) is 67.3 Å². The zero-order valence-electron chi connectivity index (χ0n) is 17.6. The van der Waals surface area contributed by atoms with Gasteiger partial charge in [-0.3, -0.25) is 9.88 Å². The first-order valence-corrected chi connectivity index (χ1v) is 11.5. The average Bonchev–Trinajstić information content (AvgIpc) is 2.79. The van der Waals surface area contributed by atoms with Crippen LogP contribution in [-0.4, -0.2) is 42.1 Å². The third-order valence-electron chi connectivity index (χ3n) is 6.73. The van der Waals surface area contributed by atoms with E-state index in [1.807, 2.05) is 6.20 Å². The summed E-state index contributed by atoms with van der Waals surface area (Å²) in [6.07, 6.45) is 10.4. The van der Waals surface area contributed by atoms with E-state index in [2.05, 4.69) is 52.7 Å². The molecule has 0 radical (unpaired) electrons. The van der Waals surface area contributed by atoms with E-state index in [-0.39, 0.29) is 0 Å². The van der Waals surface area contributed by atoms with Crippen LogP contribution in [-0.2, 0) is 6.42 Å². The number of nitrogens with one attached hydrogen (secondary N) is 1. The van der Waals surface area contributed by atoms with Crippen molar-refractivity contribution in [2.45, 2.75) is 62.9 Å². The molecule has 0 spiro atoms. The Labute approximate surface area is 175 Å². The normalized spacial score (nSPS) is 24.4. The first-order chi connectivity index (χ1) is 14.3. The second-order valence-corrected chi connectivity index (χ2v) is 8.73. The molecule has 4 rings (SSSR count). The SMILES string of the molecule is NCCCCN(C[C@H]1CC(c2ccccc2)CCN1)[C@H]1CCCc2cccnc21. The van der Waals surface area contributed by atoms with Crippen LogP contribution in [0.15, 0.2) is 48.7 Å². The molecule has 1 unspecified atom stereocenters. The monoisotopic (exact) mass is 392 g/mol. The Balaban J connectivity index is 1.47. The Bertz CT molecular complexity index is 747. The van der Waals surface area contributed by atoms with Crippen molar-refractivity contribution in [1.82, 2.24) is 15.2 Å². The maximum Gasteiger partial charge on any atom is 0.0607 e. The molecular weight excluding hydrogens is 356 g/mol. The van der Waals surface area contributed by atoms with Crippen LogP contribution in [0.2, 0.25) is 0 Å². The van der Waals surface area contributed by atoms with E-state index < -0.39 is 0 Å². The zero-order chi connectivity index (χ0) is 19.9. The van der Waals surface area contributed by atoms with E-state index in [9.17, 15) is 0 Å². The van der Waals surface area contributed by atoms with Gasteiger partial charge in [-0.25, -0.2) is 0 Å². The van der Waals surface area contributed by atoms with Gasteiger partial charge in [0.1, 0.15) is 0 Å². The van der Waals surface area contributed by atoms with Gasteiger partial charge in [0.05, 0.1) is 11.7 Å². The number of hydrogen-bond acceptors (Lipinski definition) is 4. The molecule has 0 saturated carbocycles. The molecule has 2 heterocycles. The predicted octanol–water partition coefficient (Wildman–Crippen LogP) is 4.04. The van der Waals surface area contributed by atoms with Gasteiger partial charge in [-0.15, -0.1) is 0 Å². The van der Waals surface area contributed by atoms with Gasteiger partial charge in [0.15, 0.2) is 0 Å². The lowest BCUT2D eigenvalue weighted by molar-refractivity contribution is 0.142. The van der Waals surface area contributed by atoms with Gasteiger partial charge < -0.3 is 11.1 Å². The number of unbranched alkanes of at least 4 members (excludes halogenated alkanes) is 1.